The van der Waals surface area contributed by atoms with E-state index in [9.17, 15) is 8.78 Å². The average molecular weight is 394 g/mol. The molecule has 1 atom stereocenters. The molecule has 0 bridgehead atoms. The Morgan fingerprint density at radius 1 is 0.966 bits per heavy atom. The number of halogens is 3. The van der Waals surface area contributed by atoms with Crippen molar-refractivity contribution in [2.75, 3.05) is 6.54 Å². The number of aryl methyl sites for hydroxylation is 1. The number of benzene rings is 2. The van der Waals surface area contributed by atoms with Crippen molar-refractivity contribution >= 4 is 5.57 Å². The van der Waals surface area contributed by atoms with Gasteiger partial charge in [-0.2, -0.15) is 13.8 Å². The molecule has 2 aromatic carbocycles. The molecule has 5 heteroatoms. The van der Waals surface area contributed by atoms with E-state index in [1.54, 1.807) is 18.2 Å². The zero-order valence-electron chi connectivity index (χ0n) is 16.1. The van der Waals surface area contributed by atoms with E-state index in [-0.39, 0.29) is 23.6 Å². The molecule has 0 saturated heterocycles. The highest BCUT2D eigenvalue weighted by Gasteiger charge is 2.25. The second-order valence-corrected chi connectivity index (χ2v) is 7.34. The number of pyridine rings is 1. The zero-order valence-corrected chi connectivity index (χ0v) is 16.1. The highest BCUT2D eigenvalue weighted by Crippen LogP contribution is 2.31. The molecule has 2 nitrogen and oxygen atoms in total. The van der Waals surface area contributed by atoms with Crippen molar-refractivity contribution < 1.29 is 13.2 Å². The number of nitrogens with zero attached hydrogens (tertiary/aromatic N) is 1. The highest BCUT2D eigenvalue weighted by molar-refractivity contribution is 5.67. The molecule has 0 fully saturated rings. The first-order chi connectivity index (χ1) is 14.0. The van der Waals surface area contributed by atoms with E-state index >= 15 is 4.39 Å². The molecule has 0 radical (unpaired) electrons. The number of nitrogens with one attached hydrogen (secondary N) is 1. The summed E-state index contributed by atoms with van der Waals surface area (Å²) in [7, 11) is 0. The fraction of sp³-hybridized carbons (Fsp3) is 0.208. The van der Waals surface area contributed by atoms with Crippen molar-refractivity contribution in [1.82, 2.24) is 10.3 Å². The highest BCUT2D eigenvalue weighted by atomic mass is 19.1. The predicted molar refractivity (Wildman–Crippen MR) is 109 cm³/mol. The molecule has 148 valence electrons. The second-order valence-electron chi connectivity index (χ2n) is 7.34. The predicted octanol–water partition coefficient (Wildman–Crippen LogP) is 5.46. The van der Waals surface area contributed by atoms with Crippen molar-refractivity contribution in [2.45, 2.75) is 25.8 Å². The normalized spacial score (nSPS) is 16.6. The van der Waals surface area contributed by atoms with Gasteiger partial charge < -0.3 is 5.32 Å². The second kappa shape index (κ2) is 8.21. The van der Waals surface area contributed by atoms with Gasteiger partial charge in [-0.3, -0.25) is 0 Å². The number of hydrogen-bond acceptors (Lipinski definition) is 2. The molecule has 4 rings (SSSR count). The summed E-state index contributed by atoms with van der Waals surface area (Å²) in [5, 5.41) is 3.27. The van der Waals surface area contributed by atoms with Crippen LogP contribution in [0.25, 0.3) is 16.7 Å². The first kappa shape index (κ1) is 19.4. The average Bonchev–Trinajstić information content (AvgIpc) is 2.72. The van der Waals surface area contributed by atoms with Crippen LogP contribution in [0.4, 0.5) is 13.2 Å². The number of aromatic nitrogens is 1. The lowest BCUT2D eigenvalue weighted by Gasteiger charge is -2.25. The third kappa shape index (κ3) is 4.10. The zero-order chi connectivity index (χ0) is 20.4. The molecule has 1 unspecified atom stereocenters. The van der Waals surface area contributed by atoms with E-state index in [4.69, 9.17) is 0 Å². The van der Waals surface area contributed by atoms with Gasteiger partial charge in [0, 0.05) is 18.2 Å². The summed E-state index contributed by atoms with van der Waals surface area (Å²) < 4.78 is 44.0. The largest absolute Gasteiger partial charge is 0.310 e. The van der Waals surface area contributed by atoms with Crippen LogP contribution in [0, 0.1) is 24.6 Å². The molecule has 1 aromatic heterocycles. The Balaban J connectivity index is 1.64. The van der Waals surface area contributed by atoms with Gasteiger partial charge in [-0.1, -0.05) is 66.2 Å². The molecule has 1 N–H and O–H groups in total. The summed E-state index contributed by atoms with van der Waals surface area (Å²) in [6, 6.07) is 16.6. The Labute approximate surface area is 168 Å². The summed E-state index contributed by atoms with van der Waals surface area (Å²) in [5.74, 6) is -3.09. The SMILES string of the molecule is Cc1cccc(-c2c(F)nc(F)c(CC3CC(c4ccccc4)=CCN3)c2F)c1. The molecule has 2 heterocycles. The maximum Gasteiger partial charge on any atom is 0.226 e. The van der Waals surface area contributed by atoms with Gasteiger partial charge in [0.15, 0.2) is 0 Å². The molecule has 0 spiro atoms. The van der Waals surface area contributed by atoms with Crippen molar-refractivity contribution in [1.29, 1.82) is 0 Å². The van der Waals surface area contributed by atoms with E-state index in [0.29, 0.717) is 18.5 Å². The summed E-state index contributed by atoms with van der Waals surface area (Å²) in [6.07, 6.45) is 2.80. The van der Waals surface area contributed by atoms with Gasteiger partial charge in [-0.15, -0.1) is 0 Å². The van der Waals surface area contributed by atoms with Gasteiger partial charge in [0.05, 0.1) is 5.56 Å². The third-order valence-electron chi connectivity index (χ3n) is 5.26. The van der Waals surface area contributed by atoms with E-state index in [0.717, 1.165) is 16.7 Å². The molecule has 0 aliphatic carbocycles. The minimum atomic E-state index is -1.13. The summed E-state index contributed by atoms with van der Waals surface area (Å²) in [6.45, 7) is 2.44. The topological polar surface area (TPSA) is 24.9 Å². The van der Waals surface area contributed by atoms with E-state index in [1.165, 1.54) is 0 Å². The lowest BCUT2D eigenvalue weighted by atomic mass is 9.91. The lowest BCUT2D eigenvalue weighted by molar-refractivity contribution is 0.452. The molecule has 0 saturated carbocycles. The van der Waals surface area contributed by atoms with Crippen LogP contribution in [0.3, 0.4) is 0 Å². The Morgan fingerprint density at radius 2 is 1.72 bits per heavy atom. The standard InChI is InChI=1S/C24H21F3N2/c1-15-6-5-9-18(12-15)21-22(25)20(23(26)29-24(21)27)14-19-13-17(10-11-28-19)16-7-3-2-4-8-16/h2-10,12,19,28H,11,13-14H2,1H3. The summed E-state index contributed by atoms with van der Waals surface area (Å²) in [5.41, 5.74) is 2.98. The first-order valence-electron chi connectivity index (χ1n) is 9.61. The Kier molecular flexibility index (Phi) is 5.49. The first-order valence-corrected chi connectivity index (χ1v) is 9.61. The van der Waals surface area contributed by atoms with E-state index < -0.39 is 17.7 Å². The Bertz CT molecular complexity index is 1060. The molecule has 1 aliphatic rings. The quantitative estimate of drug-likeness (QED) is 0.594. The van der Waals surface area contributed by atoms with Gasteiger partial charge in [0.25, 0.3) is 0 Å². The lowest BCUT2D eigenvalue weighted by Crippen LogP contribution is -2.35. The van der Waals surface area contributed by atoms with Crippen LogP contribution in [-0.2, 0) is 6.42 Å². The fourth-order valence-electron chi connectivity index (χ4n) is 3.81. The smallest absolute Gasteiger partial charge is 0.226 e. The van der Waals surface area contributed by atoms with Crippen molar-refractivity contribution in [3.63, 3.8) is 0 Å². The molecular weight excluding hydrogens is 373 g/mol. The molecule has 29 heavy (non-hydrogen) atoms. The monoisotopic (exact) mass is 394 g/mol. The number of rotatable bonds is 4. The van der Waals surface area contributed by atoms with Crippen LogP contribution in [0.5, 0.6) is 0 Å². The summed E-state index contributed by atoms with van der Waals surface area (Å²) >= 11 is 0. The number of hydrogen-bond donors (Lipinski definition) is 1. The Hall–Kier alpha value is -2.92. The molecule has 0 amide bonds. The minimum Gasteiger partial charge on any atom is -0.310 e. The van der Waals surface area contributed by atoms with Gasteiger partial charge >= 0.3 is 0 Å². The fourth-order valence-corrected chi connectivity index (χ4v) is 3.81. The van der Waals surface area contributed by atoms with E-state index in [2.05, 4.69) is 16.4 Å². The Morgan fingerprint density at radius 3 is 2.48 bits per heavy atom. The van der Waals surface area contributed by atoms with Crippen molar-refractivity contribution in [3.8, 4) is 11.1 Å². The van der Waals surface area contributed by atoms with Gasteiger partial charge in [0.1, 0.15) is 5.82 Å². The molecule has 1 aliphatic heterocycles. The third-order valence-corrected chi connectivity index (χ3v) is 5.26. The van der Waals surface area contributed by atoms with Crippen LogP contribution >= 0.6 is 0 Å². The van der Waals surface area contributed by atoms with Crippen molar-refractivity contribution in [2.24, 2.45) is 0 Å². The summed E-state index contributed by atoms with van der Waals surface area (Å²) in [4.78, 5) is 3.37. The van der Waals surface area contributed by atoms with Gasteiger partial charge in [-0.05, 0) is 36.5 Å². The minimum absolute atomic E-state index is 0.0912. The van der Waals surface area contributed by atoms with Crippen LogP contribution in [0.2, 0.25) is 0 Å². The van der Waals surface area contributed by atoms with Crippen LogP contribution in [0.15, 0.2) is 60.7 Å². The maximum atomic E-state index is 15.2. The maximum absolute atomic E-state index is 15.2. The van der Waals surface area contributed by atoms with E-state index in [1.807, 2.05) is 43.3 Å². The van der Waals surface area contributed by atoms with Crippen LogP contribution < -0.4 is 5.32 Å². The van der Waals surface area contributed by atoms with Crippen LogP contribution in [0.1, 0.15) is 23.1 Å². The van der Waals surface area contributed by atoms with Gasteiger partial charge in [-0.25, -0.2) is 4.39 Å². The van der Waals surface area contributed by atoms with Gasteiger partial charge in [0.2, 0.25) is 11.9 Å². The molecular formula is C24H21F3N2. The van der Waals surface area contributed by atoms with Crippen molar-refractivity contribution in [3.05, 3.63) is 95.1 Å². The molecule has 3 aromatic rings. The van der Waals surface area contributed by atoms with Crippen LogP contribution in [-0.4, -0.2) is 17.6 Å².